The number of aryl methyl sites for hydroxylation is 2. The molecule has 0 aliphatic carbocycles. The van der Waals surface area contributed by atoms with Crippen LogP contribution in [0.15, 0.2) is 18.2 Å². The maximum absolute atomic E-state index is 12.5. The Morgan fingerprint density at radius 2 is 1.74 bits per heavy atom. The van der Waals surface area contributed by atoms with E-state index in [1.165, 1.54) is 0 Å². The molecule has 0 spiro atoms. The van der Waals surface area contributed by atoms with E-state index in [-0.39, 0.29) is 0 Å². The molecule has 0 N–H and O–H groups in total. The van der Waals surface area contributed by atoms with Crippen LogP contribution in [-0.4, -0.2) is 31.3 Å². The monoisotopic (exact) mass is 278 g/mol. The lowest BCUT2D eigenvalue weighted by Crippen LogP contribution is -2.33. The highest BCUT2D eigenvalue weighted by atomic mass is 19.3. The molecule has 1 aromatic rings. The number of carbonyl (C=O) groups is 1. The summed E-state index contributed by atoms with van der Waals surface area (Å²) in [5.41, 5.74) is 2.01. The molecule has 0 saturated carbocycles. The lowest BCUT2D eigenvalue weighted by atomic mass is 10.0. The largest absolute Gasteiger partial charge is 0.367 e. The summed E-state index contributed by atoms with van der Waals surface area (Å²) in [5, 5.41) is 0. The van der Waals surface area contributed by atoms with E-state index in [2.05, 4.69) is 4.74 Å². The molecule has 0 aliphatic heterocycles. The normalized spacial score (nSPS) is 11.9. The summed E-state index contributed by atoms with van der Waals surface area (Å²) in [4.78, 5) is 11.6. The molecular formula is C13H14F4O2. The van der Waals surface area contributed by atoms with Gasteiger partial charge in [-0.25, -0.2) is 8.78 Å². The molecule has 0 radical (unpaired) electrons. The first-order chi connectivity index (χ1) is 8.72. The van der Waals surface area contributed by atoms with Crippen LogP contribution in [0, 0.1) is 13.8 Å². The van der Waals surface area contributed by atoms with Gasteiger partial charge < -0.3 is 4.74 Å². The minimum Gasteiger partial charge on any atom is -0.367 e. The number of Topliss-reactive ketones (excluding diaryl/α,β-unsaturated/α-hetero) is 1. The first-order valence-corrected chi connectivity index (χ1v) is 5.57. The van der Waals surface area contributed by atoms with Crippen molar-refractivity contribution < 1.29 is 27.1 Å². The van der Waals surface area contributed by atoms with Crippen LogP contribution in [0.3, 0.4) is 0 Å². The smallest absolute Gasteiger partial charge is 0.330 e. The molecule has 0 aromatic heterocycles. The summed E-state index contributed by atoms with van der Waals surface area (Å²) in [5.74, 6) is -4.75. The van der Waals surface area contributed by atoms with Gasteiger partial charge in [0.2, 0.25) is 0 Å². The topological polar surface area (TPSA) is 26.3 Å². The summed E-state index contributed by atoms with van der Waals surface area (Å²) < 4.78 is 53.2. The molecule has 0 unspecified atom stereocenters. The van der Waals surface area contributed by atoms with Crippen molar-refractivity contribution in [3.63, 3.8) is 0 Å². The van der Waals surface area contributed by atoms with Crippen LogP contribution in [0.4, 0.5) is 17.6 Å². The minimum atomic E-state index is -4.23. The van der Waals surface area contributed by atoms with Crippen molar-refractivity contribution in [1.82, 2.24) is 0 Å². The van der Waals surface area contributed by atoms with Crippen LogP contribution < -0.4 is 0 Å². The van der Waals surface area contributed by atoms with Gasteiger partial charge in [-0.2, -0.15) is 8.78 Å². The summed E-state index contributed by atoms with van der Waals surface area (Å²) in [6.45, 7) is 1.46. The van der Waals surface area contributed by atoms with Gasteiger partial charge in [0.05, 0.1) is 0 Å². The maximum atomic E-state index is 12.5. The molecule has 0 aliphatic rings. The first kappa shape index (κ1) is 15.6. The van der Waals surface area contributed by atoms with Crippen LogP contribution in [0.5, 0.6) is 0 Å². The SMILES string of the molecule is Cc1cc(C)cc(C(=O)COCC(F)(F)C(F)F)c1. The Hall–Kier alpha value is -1.43. The second-order valence-electron chi connectivity index (χ2n) is 4.35. The van der Waals surface area contributed by atoms with Crippen molar-refractivity contribution in [2.75, 3.05) is 13.2 Å². The van der Waals surface area contributed by atoms with E-state index in [0.717, 1.165) is 11.1 Å². The highest BCUT2D eigenvalue weighted by Crippen LogP contribution is 2.22. The minimum absolute atomic E-state index is 0.317. The van der Waals surface area contributed by atoms with E-state index in [0.29, 0.717) is 5.56 Å². The predicted octanol–water partition coefficient (Wildman–Crippen LogP) is 3.40. The maximum Gasteiger partial charge on any atom is 0.330 e. The van der Waals surface area contributed by atoms with E-state index in [1.54, 1.807) is 26.0 Å². The Morgan fingerprint density at radius 3 is 2.21 bits per heavy atom. The van der Waals surface area contributed by atoms with Crippen LogP contribution in [-0.2, 0) is 4.74 Å². The number of ether oxygens (including phenoxy) is 1. The number of hydrogen-bond acceptors (Lipinski definition) is 2. The Labute approximate surface area is 108 Å². The zero-order valence-electron chi connectivity index (χ0n) is 10.6. The summed E-state index contributed by atoms with van der Waals surface area (Å²) >= 11 is 0. The zero-order chi connectivity index (χ0) is 14.6. The van der Waals surface area contributed by atoms with Gasteiger partial charge in [0, 0.05) is 5.56 Å². The molecule has 106 valence electrons. The summed E-state index contributed by atoms with van der Waals surface area (Å²) in [6.07, 6.45) is -3.80. The van der Waals surface area contributed by atoms with Gasteiger partial charge >= 0.3 is 12.3 Å². The third kappa shape index (κ3) is 4.63. The standard InChI is InChI=1S/C13H14F4O2/c1-8-3-9(2)5-10(4-8)11(18)6-19-7-13(16,17)12(14)15/h3-5,12H,6-7H2,1-2H3. The van der Waals surface area contributed by atoms with Gasteiger partial charge in [0.15, 0.2) is 5.78 Å². The molecule has 6 heteroatoms. The van der Waals surface area contributed by atoms with E-state index in [1.807, 2.05) is 6.07 Å². The number of halogens is 4. The Bertz CT molecular complexity index is 438. The van der Waals surface area contributed by atoms with Gasteiger partial charge in [0.1, 0.15) is 13.2 Å². The van der Waals surface area contributed by atoms with Crippen molar-refractivity contribution in [2.24, 2.45) is 0 Å². The highest BCUT2D eigenvalue weighted by molar-refractivity contribution is 5.97. The summed E-state index contributed by atoms with van der Waals surface area (Å²) in [6, 6.07) is 5.02. The van der Waals surface area contributed by atoms with Gasteiger partial charge in [-0.05, 0) is 26.0 Å². The third-order valence-corrected chi connectivity index (χ3v) is 2.39. The molecule has 1 aromatic carbocycles. The number of benzene rings is 1. The van der Waals surface area contributed by atoms with Gasteiger partial charge in [0.25, 0.3) is 0 Å². The Kier molecular flexibility index (Phi) is 5.05. The lowest BCUT2D eigenvalue weighted by Gasteiger charge is -2.14. The molecule has 0 bridgehead atoms. The van der Waals surface area contributed by atoms with Crippen LogP contribution >= 0.6 is 0 Å². The van der Waals surface area contributed by atoms with Crippen LogP contribution in [0.1, 0.15) is 21.5 Å². The molecule has 0 saturated heterocycles. The quantitative estimate of drug-likeness (QED) is 0.589. The van der Waals surface area contributed by atoms with E-state index in [4.69, 9.17) is 0 Å². The van der Waals surface area contributed by atoms with Crippen LogP contribution in [0.2, 0.25) is 0 Å². The van der Waals surface area contributed by atoms with Crippen molar-refractivity contribution in [3.8, 4) is 0 Å². The summed E-state index contributed by atoms with van der Waals surface area (Å²) in [7, 11) is 0. The van der Waals surface area contributed by atoms with E-state index in [9.17, 15) is 22.4 Å². The fourth-order valence-electron chi connectivity index (χ4n) is 1.56. The fourth-order valence-corrected chi connectivity index (χ4v) is 1.56. The predicted molar refractivity (Wildman–Crippen MR) is 62.0 cm³/mol. The first-order valence-electron chi connectivity index (χ1n) is 5.57. The zero-order valence-corrected chi connectivity index (χ0v) is 10.6. The average Bonchev–Trinajstić information content (AvgIpc) is 2.27. The molecule has 0 amide bonds. The molecular weight excluding hydrogens is 264 g/mol. The Morgan fingerprint density at radius 1 is 1.21 bits per heavy atom. The number of hydrogen-bond donors (Lipinski definition) is 0. The average molecular weight is 278 g/mol. The third-order valence-electron chi connectivity index (χ3n) is 2.39. The molecule has 19 heavy (non-hydrogen) atoms. The molecule has 1 rings (SSSR count). The van der Waals surface area contributed by atoms with Crippen LogP contribution in [0.25, 0.3) is 0 Å². The van der Waals surface area contributed by atoms with E-state index >= 15 is 0 Å². The lowest BCUT2D eigenvalue weighted by molar-refractivity contribution is -0.163. The molecule has 0 heterocycles. The molecule has 0 fully saturated rings. The van der Waals surface area contributed by atoms with Gasteiger partial charge in [-0.1, -0.05) is 17.2 Å². The Balaban J connectivity index is 2.57. The van der Waals surface area contributed by atoms with Crippen molar-refractivity contribution in [1.29, 1.82) is 0 Å². The second-order valence-corrected chi connectivity index (χ2v) is 4.35. The van der Waals surface area contributed by atoms with Crippen molar-refractivity contribution in [3.05, 3.63) is 34.9 Å². The second kappa shape index (κ2) is 6.14. The number of rotatable bonds is 6. The van der Waals surface area contributed by atoms with Gasteiger partial charge in [-0.15, -0.1) is 0 Å². The fraction of sp³-hybridized carbons (Fsp3) is 0.462. The number of carbonyl (C=O) groups excluding carboxylic acids is 1. The van der Waals surface area contributed by atoms with Gasteiger partial charge in [-0.3, -0.25) is 4.79 Å². The van der Waals surface area contributed by atoms with E-state index < -0.39 is 31.3 Å². The molecule has 0 atom stereocenters. The van der Waals surface area contributed by atoms with Crippen molar-refractivity contribution >= 4 is 5.78 Å². The molecule has 2 nitrogen and oxygen atoms in total. The van der Waals surface area contributed by atoms with Crippen molar-refractivity contribution in [2.45, 2.75) is 26.2 Å². The number of alkyl halides is 4. The highest BCUT2D eigenvalue weighted by Gasteiger charge is 2.41. The number of ketones is 1.